The standard InChI is InChI=1S/C15H20N2O3S/c1-2-20-15(19)17-8-6-16(7-9-17)14(18)13-10-11-4-3-5-12(11)21-13/h10H,2-9H2,1H3. The van der Waals surface area contributed by atoms with Gasteiger partial charge in [0.1, 0.15) is 0 Å². The predicted octanol–water partition coefficient (Wildman–Crippen LogP) is 2.15. The lowest BCUT2D eigenvalue weighted by Gasteiger charge is -2.33. The van der Waals surface area contributed by atoms with E-state index in [1.54, 1.807) is 23.2 Å². The van der Waals surface area contributed by atoms with Gasteiger partial charge in [0.05, 0.1) is 11.5 Å². The quantitative estimate of drug-likeness (QED) is 0.841. The van der Waals surface area contributed by atoms with E-state index in [1.807, 2.05) is 4.90 Å². The Morgan fingerprint density at radius 3 is 2.57 bits per heavy atom. The predicted molar refractivity (Wildman–Crippen MR) is 80.8 cm³/mol. The number of nitrogens with zero attached hydrogens (tertiary/aromatic N) is 2. The van der Waals surface area contributed by atoms with Gasteiger partial charge in [-0.15, -0.1) is 11.3 Å². The highest BCUT2D eigenvalue weighted by Crippen LogP contribution is 2.31. The first-order chi connectivity index (χ1) is 10.2. The summed E-state index contributed by atoms with van der Waals surface area (Å²) in [6.07, 6.45) is 3.16. The van der Waals surface area contributed by atoms with E-state index in [-0.39, 0.29) is 12.0 Å². The fraction of sp³-hybridized carbons (Fsp3) is 0.600. The number of amides is 2. The van der Waals surface area contributed by atoms with Crippen molar-refractivity contribution in [1.29, 1.82) is 0 Å². The molecule has 114 valence electrons. The molecule has 3 rings (SSSR count). The van der Waals surface area contributed by atoms with Gasteiger partial charge in [0.15, 0.2) is 0 Å². The zero-order valence-electron chi connectivity index (χ0n) is 12.3. The van der Waals surface area contributed by atoms with Crippen LogP contribution in [0.4, 0.5) is 4.79 Å². The van der Waals surface area contributed by atoms with Gasteiger partial charge in [-0.05, 0) is 37.8 Å². The van der Waals surface area contributed by atoms with Gasteiger partial charge in [-0.1, -0.05) is 0 Å². The van der Waals surface area contributed by atoms with Gasteiger partial charge in [-0.2, -0.15) is 0 Å². The van der Waals surface area contributed by atoms with Crippen molar-refractivity contribution in [2.75, 3.05) is 32.8 Å². The SMILES string of the molecule is CCOC(=O)N1CCN(C(=O)c2cc3c(s2)CCC3)CC1. The summed E-state index contributed by atoms with van der Waals surface area (Å²) in [5.74, 6) is 0.109. The average molecular weight is 308 g/mol. The third-order valence-corrected chi connectivity index (χ3v) is 5.28. The third-order valence-electron chi connectivity index (χ3n) is 4.05. The minimum atomic E-state index is -0.278. The molecule has 5 nitrogen and oxygen atoms in total. The van der Waals surface area contributed by atoms with Crippen molar-refractivity contribution < 1.29 is 14.3 Å². The Morgan fingerprint density at radius 2 is 1.90 bits per heavy atom. The van der Waals surface area contributed by atoms with Crippen LogP contribution in [0.5, 0.6) is 0 Å². The number of ether oxygens (including phenoxy) is 1. The Labute approximate surface area is 128 Å². The second-order valence-corrected chi connectivity index (χ2v) is 6.53. The summed E-state index contributed by atoms with van der Waals surface area (Å²) in [6.45, 7) is 4.46. The first-order valence-electron chi connectivity index (χ1n) is 7.51. The Morgan fingerprint density at radius 1 is 1.19 bits per heavy atom. The van der Waals surface area contributed by atoms with E-state index < -0.39 is 0 Å². The maximum atomic E-state index is 12.5. The highest BCUT2D eigenvalue weighted by Gasteiger charge is 2.27. The summed E-state index contributed by atoms with van der Waals surface area (Å²) in [7, 11) is 0. The van der Waals surface area contributed by atoms with Crippen molar-refractivity contribution in [2.45, 2.75) is 26.2 Å². The van der Waals surface area contributed by atoms with Crippen LogP contribution in [0.2, 0.25) is 0 Å². The Kier molecular flexibility index (Phi) is 4.14. The molecular weight excluding hydrogens is 288 g/mol. The number of hydrogen-bond acceptors (Lipinski definition) is 4. The van der Waals surface area contributed by atoms with Gasteiger partial charge >= 0.3 is 6.09 Å². The van der Waals surface area contributed by atoms with Crippen LogP contribution in [0.25, 0.3) is 0 Å². The van der Waals surface area contributed by atoms with Gasteiger partial charge < -0.3 is 14.5 Å². The monoisotopic (exact) mass is 308 g/mol. The van der Waals surface area contributed by atoms with E-state index in [0.717, 1.165) is 17.7 Å². The second-order valence-electron chi connectivity index (χ2n) is 5.39. The van der Waals surface area contributed by atoms with Crippen molar-refractivity contribution >= 4 is 23.3 Å². The summed E-state index contributed by atoms with van der Waals surface area (Å²) in [5.41, 5.74) is 1.36. The number of thiophene rings is 1. The van der Waals surface area contributed by atoms with Crippen LogP contribution >= 0.6 is 11.3 Å². The van der Waals surface area contributed by atoms with E-state index in [9.17, 15) is 9.59 Å². The summed E-state index contributed by atoms with van der Waals surface area (Å²) >= 11 is 1.64. The highest BCUT2D eigenvalue weighted by atomic mass is 32.1. The molecule has 0 unspecified atom stereocenters. The van der Waals surface area contributed by atoms with E-state index in [2.05, 4.69) is 6.07 Å². The molecule has 0 spiro atoms. The summed E-state index contributed by atoms with van der Waals surface area (Å²) in [5, 5.41) is 0. The Bertz CT molecular complexity index is 526. The molecule has 1 aliphatic carbocycles. The van der Waals surface area contributed by atoms with Crippen LogP contribution in [0.15, 0.2) is 6.07 Å². The molecule has 1 fully saturated rings. The molecular formula is C15H20N2O3S. The summed E-state index contributed by atoms with van der Waals surface area (Å²) < 4.78 is 4.99. The molecule has 1 aromatic heterocycles. The smallest absolute Gasteiger partial charge is 0.409 e. The number of hydrogen-bond donors (Lipinski definition) is 0. The normalized spacial score (nSPS) is 17.8. The van der Waals surface area contributed by atoms with Crippen LogP contribution in [-0.4, -0.2) is 54.6 Å². The second kappa shape index (κ2) is 6.05. The third kappa shape index (κ3) is 2.90. The van der Waals surface area contributed by atoms with Crippen molar-refractivity contribution in [3.05, 3.63) is 21.4 Å². The van der Waals surface area contributed by atoms with Crippen molar-refractivity contribution in [1.82, 2.24) is 9.80 Å². The molecule has 2 amide bonds. The zero-order valence-corrected chi connectivity index (χ0v) is 13.1. The summed E-state index contributed by atoms with van der Waals surface area (Å²) in [4.78, 5) is 29.9. The number of fused-ring (bicyclic) bond motifs is 1. The molecule has 0 saturated carbocycles. The van der Waals surface area contributed by atoms with Crippen LogP contribution in [0.3, 0.4) is 0 Å². The lowest BCUT2D eigenvalue weighted by molar-refractivity contribution is 0.0574. The van der Waals surface area contributed by atoms with Crippen LogP contribution < -0.4 is 0 Å². The van der Waals surface area contributed by atoms with Gasteiger partial charge in [0.25, 0.3) is 5.91 Å². The van der Waals surface area contributed by atoms with E-state index >= 15 is 0 Å². The maximum absolute atomic E-state index is 12.5. The molecule has 2 aliphatic rings. The number of piperazine rings is 1. The number of rotatable bonds is 2. The fourth-order valence-electron chi connectivity index (χ4n) is 2.90. The van der Waals surface area contributed by atoms with Crippen LogP contribution in [0, 0.1) is 0 Å². The minimum Gasteiger partial charge on any atom is -0.450 e. The van der Waals surface area contributed by atoms with Crippen molar-refractivity contribution in [3.63, 3.8) is 0 Å². The highest BCUT2D eigenvalue weighted by molar-refractivity contribution is 7.14. The number of aryl methyl sites for hydroxylation is 2. The Hall–Kier alpha value is -1.56. The van der Waals surface area contributed by atoms with Gasteiger partial charge in [0.2, 0.25) is 0 Å². The van der Waals surface area contributed by atoms with Gasteiger partial charge in [-0.3, -0.25) is 4.79 Å². The molecule has 0 bridgehead atoms. The molecule has 21 heavy (non-hydrogen) atoms. The maximum Gasteiger partial charge on any atom is 0.409 e. The molecule has 1 aromatic rings. The molecule has 1 saturated heterocycles. The molecule has 0 radical (unpaired) electrons. The van der Waals surface area contributed by atoms with E-state index in [0.29, 0.717) is 32.8 Å². The minimum absolute atomic E-state index is 0.109. The lowest BCUT2D eigenvalue weighted by Crippen LogP contribution is -2.50. The molecule has 6 heteroatoms. The van der Waals surface area contributed by atoms with Gasteiger partial charge in [0, 0.05) is 31.1 Å². The number of carbonyl (C=O) groups excluding carboxylic acids is 2. The van der Waals surface area contributed by atoms with Crippen molar-refractivity contribution in [3.8, 4) is 0 Å². The molecule has 0 N–H and O–H groups in total. The van der Waals surface area contributed by atoms with Crippen molar-refractivity contribution in [2.24, 2.45) is 0 Å². The average Bonchev–Trinajstić information content (AvgIpc) is 3.08. The summed E-state index contributed by atoms with van der Waals surface area (Å²) in [6, 6.07) is 2.06. The van der Waals surface area contributed by atoms with Gasteiger partial charge in [-0.25, -0.2) is 4.79 Å². The fourth-order valence-corrected chi connectivity index (χ4v) is 4.12. The van der Waals surface area contributed by atoms with E-state index in [4.69, 9.17) is 4.74 Å². The van der Waals surface area contributed by atoms with E-state index in [1.165, 1.54) is 16.9 Å². The molecule has 2 heterocycles. The molecule has 1 aliphatic heterocycles. The molecule has 0 atom stereocenters. The topological polar surface area (TPSA) is 49.9 Å². The zero-order chi connectivity index (χ0) is 14.8. The largest absolute Gasteiger partial charge is 0.450 e. The van der Waals surface area contributed by atoms with Crippen LogP contribution in [-0.2, 0) is 17.6 Å². The lowest BCUT2D eigenvalue weighted by atomic mass is 10.2. The molecule has 0 aromatic carbocycles. The van der Waals surface area contributed by atoms with Crippen LogP contribution in [0.1, 0.15) is 33.5 Å². The first-order valence-corrected chi connectivity index (χ1v) is 8.33. The Balaban J connectivity index is 1.58. The number of carbonyl (C=O) groups is 2. The first kappa shape index (κ1) is 14.4.